The van der Waals surface area contributed by atoms with Crippen molar-refractivity contribution in [2.45, 2.75) is 32.7 Å². The number of amides is 1. The number of pyridine rings is 1. The Morgan fingerprint density at radius 2 is 1.95 bits per heavy atom. The second-order valence-electron chi connectivity index (χ2n) is 9.92. The zero-order valence-corrected chi connectivity index (χ0v) is 23.5. The molecule has 0 saturated carbocycles. The van der Waals surface area contributed by atoms with Crippen molar-refractivity contribution < 1.29 is 14.6 Å². The van der Waals surface area contributed by atoms with E-state index in [0.29, 0.717) is 36.4 Å². The van der Waals surface area contributed by atoms with Crippen LogP contribution in [-0.2, 0) is 0 Å². The summed E-state index contributed by atoms with van der Waals surface area (Å²) in [6.45, 7) is 4.93. The molecule has 3 N–H and O–H groups in total. The number of piperidine rings is 1. The molecular formula is C30H29N7O3S. The number of aryl methyl sites for hydroxylation is 2. The van der Waals surface area contributed by atoms with Crippen LogP contribution in [0.25, 0.3) is 22.0 Å². The summed E-state index contributed by atoms with van der Waals surface area (Å²) in [6.07, 6.45) is 4.10. The van der Waals surface area contributed by atoms with Gasteiger partial charge in [-0.3, -0.25) is 0 Å². The lowest BCUT2D eigenvalue weighted by Crippen LogP contribution is -2.44. The summed E-state index contributed by atoms with van der Waals surface area (Å²) >= 11 is 1.60. The van der Waals surface area contributed by atoms with E-state index < -0.39 is 6.09 Å². The molecule has 1 amide bonds. The van der Waals surface area contributed by atoms with Crippen molar-refractivity contribution in [3.63, 3.8) is 0 Å². The van der Waals surface area contributed by atoms with Gasteiger partial charge < -0.3 is 25.4 Å². The van der Waals surface area contributed by atoms with E-state index in [9.17, 15) is 9.90 Å². The van der Waals surface area contributed by atoms with Gasteiger partial charge in [-0.1, -0.05) is 24.3 Å². The molecule has 0 radical (unpaired) electrons. The van der Waals surface area contributed by atoms with Gasteiger partial charge in [0.25, 0.3) is 0 Å². The van der Waals surface area contributed by atoms with Gasteiger partial charge in [-0.15, -0.1) is 11.3 Å². The van der Waals surface area contributed by atoms with Gasteiger partial charge in [-0.2, -0.15) is 0 Å². The number of carboxylic acid groups (broad SMARTS) is 1. The maximum absolute atomic E-state index is 11.4. The summed E-state index contributed by atoms with van der Waals surface area (Å²) in [5.41, 5.74) is 3.28. The maximum atomic E-state index is 11.4. The standard InChI is InChI=1S/C30H29N7O3S/c1-18-10-11-21-22(7-3-9-24(21)35-26-17-41-19(2)33-26)27(18)40-28-23(8-4-13-31-28)25-12-14-32-29(36-25)34-20-6-5-15-37(16-20)30(38)39/h3-4,7-14,17,20,35H,5-6,15-16H2,1-2H3,(H,38,39)(H,32,34,36)/t20-/m0/s1. The molecule has 10 nitrogen and oxygen atoms in total. The van der Waals surface area contributed by atoms with E-state index in [1.165, 1.54) is 4.90 Å². The molecule has 3 aromatic heterocycles. The average molecular weight is 568 g/mol. The Bertz CT molecular complexity index is 1720. The Hall–Kier alpha value is -4.77. The Morgan fingerprint density at radius 3 is 2.78 bits per heavy atom. The number of nitrogens with one attached hydrogen (secondary N) is 2. The van der Waals surface area contributed by atoms with Crippen LogP contribution in [0.5, 0.6) is 11.6 Å². The van der Waals surface area contributed by atoms with Crippen LogP contribution in [0.2, 0.25) is 0 Å². The fourth-order valence-corrected chi connectivity index (χ4v) is 5.58. The van der Waals surface area contributed by atoms with E-state index in [1.54, 1.807) is 23.7 Å². The lowest BCUT2D eigenvalue weighted by molar-refractivity contribution is 0.132. The van der Waals surface area contributed by atoms with Gasteiger partial charge in [-0.05, 0) is 56.5 Å². The molecule has 11 heteroatoms. The van der Waals surface area contributed by atoms with Crippen LogP contribution in [0, 0.1) is 13.8 Å². The quantitative estimate of drug-likeness (QED) is 0.193. The SMILES string of the molecule is Cc1nc(Nc2cccc3c(Oc4ncccc4-c4ccnc(N[C@H]5CCCN(C(=O)O)C5)n4)c(C)ccc23)cs1. The minimum absolute atomic E-state index is 0.0611. The summed E-state index contributed by atoms with van der Waals surface area (Å²) in [4.78, 5) is 31.1. The second kappa shape index (κ2) is 11.4. The van der Waals surface area contributed by atoms with Crippen LogP contribution < -0.4 is 15.4 Å². The topological polar surface area (TPSA) is 125 Å². The highest BCUT2D eigenvalue weighted by molar-refractivity contribution is 7.09. The molecule has 1 aliphatic heterocycles. The molecule has 6 rings (SSSR count). The molecule has 1 fully saturated rings. The Balaban J connectivity index is 1.30. The number of hydrogen-bond acceptors (Lipinski definition) is 9. The number of rotatable bonds is 7. The Labute approximate surface area is 241 Å². The molecule has 4 heterocycles. The molecule has 208 valence electrons. The zero-order valence-electron chi connectivity index (χ0n) is 22.7. The molecule has 41 heavy (non-hydrogen) atoms. The molecular weight excluding hydrogens is 538 g/mol. The highest BCUT2D eigenvalue weighted by atomic mass is 32.1. The van der Waals surface area contributed by atoms with Crippen molar-refractivity contribution >= 4 is 45.7 Å². The van der Waals surface area contributed by atoms with Crippen molar-refractivity contribution in [1.29, 1.82) is 0 Å². The van der Waals surface area contributed by atoms with E-state index in [-0.39, 0.29) is 6.04 Å². The van der Waals surface area contributed by atoms with Crippen LogP contribution >= 0.6 is 11.3 Å². The lowest BCUT2D eigenvalue weighted by Gasteiger charge is -2.31. The minimum atomic E-state index is -0.909. The maximum Gasteiger partial charge on any atom is 0.407 e. The molecule has 2 aromatic carbocycles. The van der Waals surface area contributed by atoms with Crippen molar-refractivity contribution in [1.82, 2.24) is 24.8 Å². The van der Waals surface area contributed by atoms with Gasteiger partial charge in [0, 0.05) is 53.4 Å². The number of fused-ring (bicyclic) bond motifs is 1. The first kappa shape index (κ1) is 26.5. The normalized spacial score (nSPS) is 15.1. The number of carbonyl (C=O) groups is 1. The molecule has 0 bridgehead atoms. The van der Waals surface area contributed by atoms with Crippen molar-refractivity contribution in [2.24, 2.45) is 0 Å². The van der Waals surface area contributed by atoms with Gasteiger partial charge in [0.15, 0.2) is 0 Å². The summed E-state index contributed by atoms with van der Waals surface area (Å²) in [7, 11) is 0. The predicted octanol–water partition coefficient (Wildman–Crippen LogP) is 6.86. The number of likely N-dealkylation sites (tertiary alicyclic amines) is 1. The molecule has 1 saturated heterocycles. The molecule has 1 aliphatic rings. The smallest absolute Gasteiger partial charge is 0.407 e. The van der Waals surface area contributed by atoms with Gasteiger partial charge in [0.05, 0.1) is 16.3 Å². The summed E-state index contributed by atoms with van der Waals surface area (Å²) in [5.74, 6) is 2.39. The third kappa shape index (κ3) is 5.75. The summed E-state index contributed by atoms with van der Waals surface area (Å²) < 4.78 is 6.54. The lowest BCUT2D eigenvalue weighted by atomic mass is 10.0. The third-order valence-electron chi connectivity index (χ3n) is 7.02. The Morgan fingerprint density at radius 1 is 1.05 bits per heavy atom. The van der Waals surface area contributed by atoms with E-state index in [2.05, 4.69) is 31.7 Å². The molecule has 5 aromatic rings. The Kier molecular flexibility index (Phi) is 7.34. The van der Waals surface area contributed by atoms with E-state index in [0.717, 1.165) is 51.3 Å². The molecule has 0 aliphatic carbocycles. The van der Waals surface area contributed by atoms with Gasteiger partial charge >= 0.3 is 6.09 Å². The summed E-state index contributed by atoms with van der Waals surface area (Å²) in [6, 6.07) is 15.7. The fourth-order valence-electron chi connectivity index (χ4n) is 5.04. The fraction of sp³-hybridized carbons (Fsp3) is 0.233. The van der Waals surface area contributed by atoms with Crippen LogP contribution in [0.1, 0.15) is 23.4 Å². The first-order valence-electron chi connectivity index (χ1n) is 13.4. The van der Waals surface area contributed by atoms with Gasteiger partial charge in [0.2, 0.25) is 11.8 Å². The van der Waals surface area contributed by atoms with Crippen LogP contribution in [-0.4, -0.2) is 55.2 Å². The molecule has 0 spiro atoms. The predicted molar refractivity (Wildman–Crippen MR) is 160 cm³/mol. The second-order valence-corrected chi connectivity index (χ2v) is 11.0. The largest absolute Gasteiger partial charge is 0.465 e. The third-order valence-corrected chi connectivity index (χ3v) is 7.79. The molecule has 1 atom stereocenters. The average Bonchev–Trinajstić information content (AvgIpc) is 3.39. The van der Waals surface area contributed by atoms with E-state index in [1.807, 2.05) is 61.7 Å². The van der Waals surface area contributed by atoms with Crippen LogP contribution in [0.15, 0.2) is 66.3 Å². The van der Waals surface area contributed by atoms with Crippen molar-refractivity contribution in [3.8, 4) is 22.9 Å². The monoisotopic (exact) mass is 567 g/mol. The number of thiazole rings is 1. The molecule has 0 unspecified atom stereocenters. The van der Waals surface area contributed by atoms with Crippen LogP contribution in [0.4, 0.5) is 22.2 Å². The number of anilines is 3. The number of nitrogens with zero attached hydrogens (tertiary/aromatic N) is 5. The van der Waals surface area contributed by atoms with Crippen molar-refractivity contribution in [3.05, 3.63) is 76.9 Å². The number of ether oxygens (including phenoxy) is 1. The van der Waals surface area contributed by atoms with Gasteiger partial charge in [-0.25, -0.2) is 24.7 Å². The number of hydrogen-bond donors (Lipinski definition) is 3. The highest BCUT2D eigenvalue weighted by Gasteiger charge is 2.24. The number of aromatic nitrogens is 4. The highest BCUT2D eigenvalue weighted by Crippen LogP contribution is 2.39. The first-order chi connectivity index (χ1) is 19.9. The van der Waals surface area contributed by atoms with Gasteiger partial charge in [0.1, 0.15) is 11.6 Å². The first-order valence-corrected chi connectivity index (χ1v) is 14.2. The zero-order chi connectivity index (χ0) is 28.3. The van der Waals surface area contributed by atoms with Crippen LogP contribution in [0.3, 0.4) is 0 Å². The summed E-state index contributed by atoms with van der Waals surface area (Å²) in [5, 5.41) is 21.1. The van der Waals surface area contributed by atoms with Crippen molar-refractivity contribution in [2.75, 3.05) is 23.7 Å². The minimum Gasteiger partial charge on any atom is -0.465 e. The van der Waals surface area contributed by atoms with E-state index >= 15 is 0 Å². The number of benzene rings is 2. The van der Waals surface area contributed by atoms with E-state index in [4.69, 9.17) is 9.72 Å².